The average Bonchev–Trinajstić information content (AvgIpc) is 3.28. The van der Waals surface area contributed by atoms with Gasteiger partial charge in [0.25, 0.3) is 5.91 Å². The number of carbonyl (C=O) groups is 1. The zero-order valence-corrected chi connectivity index (χ0v) is 15.3. The average molecular weight is 429 g/mol. The number of nitrogens with zero attached hydrogens (tertiary/aromatic N) is 5. The molecule has 0 N–H and O–H groups in total. The van der Waals surface area contributed by atoms with Crippen LogP contribution in [0.5, 0.6) is 0 Å². The molecular weight excluding hydrogens is 416 g/mol. The van der Waals surface area contributed by atoms with E-state index >= 15 is 0 Å². The van der Waals surface area contributed by atoms with Crippen LogP contribution in [0.4, 0.5) is 26.3 Å². The fraction of sp³-hybridized carbons (Fsp3) is 0.278. The summed E-state index contributed by atoms with van der Waals surface area (Å²) >= 11 is 0. The Balaban J connectivity index is 1.62. The molecule has 0 saturated heterocycles. The molecular formula is C18H13F6N5O. The molecule has 1 aliphatic heterocycles. The SMILES string of the molecule is Cn1nc2c(c1-c1cc(F)c(F)c(F)c1)CCN(C(=O)c1cnn(C(F)(F)F)c1)C2. The number of rotatable bonds is 2. The molecule has 1 aliphatic rings. The molecule has 158 valence electrons. The Kier molecular flexibility index (Phi) is 4.59. The van der Waals surface area contributed by atoms with Crippen LogP contribution < -0.4 is 0 Å². The maximum absolute atomic E-state index is 13.7. The minimum atomic E-state index is -4.73. The number of carbonyl (C=O) groups excluding carboxylic acids is 1. The van der Waals surface area contributed by atoms with E-state index in [1.165, 1.54) is 16.6 Å². The number of hydrogen-bond donors (Lipinski definition) is 0. The van der Waals surface area contributed by atoms with Crippen LogP contribution in [0.25, 0.3) is 11.3 Å². The van der Waals surface area contributed by atoms with Gasteiger partial charge in [0.1, 0.15) is 0 Å². The lowest BCUT2D eigenvalue weighted by atomic mass is 9.99. The van der Waals surface area contributed by atoms with E-state index < -0.39 is 29.7 Å². The Hall–Kier alpha value is -3.31. The molecule has 0 atom stereocenters. The van der Waals surface area contributed by atoms with E-state index in [4.69, 9.17) is 0 Å². The summed E-state index contributed by atoms with van der Waals surface area (Å²) in [4.78, 5) is 13.9. The highest BCUT2D eigenvalue weighted by Crippen LogP contribution is 2.32. The fourth-order valence-corrected chi connectivity index (χ4v) is 3.50. The number of hydrogen-bond acceptors (Lipinski definition) is 3. The minimum absolute atomic E-state index is 0.00857. The van der Waals surface area contributed by atoms with Gasteiger partial charge in [-0.1, -0.05) is 0 Å². The summed E-state index contributed by atoms with van der Waals surface area (Å²) in [6.45, 7) is 0.138. The van der Waals surface area contributed by atoms with Gasteiger partial charge in [-0.05, 0) is 18.6 Å². The molecule has 4 rings (SSSR count). The molecule has 3 aromatic rings. The highest BCUT2D eigenvalue weighted by molar-refractivity contribution is 5.94. The highest BCUT2D eigenvalue weighted by Gasteiger charge is 2.34. The minimum Gasteiger partial charge on any atom is -0.332 e. The van der Waals surface area contributed by atoms with Crippen LogP contribution in [-0.2, 0) is 26.3 Å². The molecule has 1 aromatic carbocycles. The second-order valence-corrected chi connectivity index (χ2v) is 6.77. The van der Waals surface area contributed by atoms with Crippen molar-refractivity contribution in [3.63, 3.8) is 0 Å². The summed E-state index contributed by atoms with van der Waals surface area (Å²) in [5, 5.41) is 7.42. The molecule has 30 heavy (non-hydrogen) atoms. The van der Waals surface area contributed by atoms with Crippen molar-refractivity contribution >= 4 is 5.91 Å². The van der Waals surface area contributed by atoms with Crippen molar-refractivity contribution in [3.05, 3.63) is 58.8 Å². The zero-order chi connectivity index (χ0) is 21.8. The van der Waals surface area contributed by atoms with E-state index in [0.29, 0.717) is 23.1 Å². The van der Waals surface area contributed by atoms with Gasteiger partial charge in [0.2, 0.25) is 0 Å². The first-order valence-corrected chi connectivity index (χ1v) is 8.67. The quantitative estimate of drug-likeness (QED) is 0.464. The molecule has 0 fully saturated rings. The van der Waals surface area contributed by atoms with Gasteiger partial charge in [0.05, 0.1) is 29.7 Å². The molecule has 1 amide bonds. The van der Waals surface area contributed by atoms with Crippen molar-refractivity contribution in [1.82, 2.24) is 24.5 Å². The highest BCUT2D eigenvalue weighted by atomic mass is 19.4. The third-order valence-corrected chi connectivity index (χ3v) is 4.83. The first kappa shape index (κ1) is 20.0. The Morgan fingerprint density at radius 1 is 1.13 bits per heavy atom. The lowest BCUT2D eigenvalue weighted by Gasteiger charge is -2.26. The lowest BCUT2D eigenvalue weighted by Crippen LogP contribution is -2.35. The molecule has 0 radical (unpaired) electrons. The van der Waals surface area contributed by atoms with Crippen LogP contribution >= 0.6 is 0 Å². The van der Waals surface area contributed by atoms with Crippen LogP contribution in [0.15, 0.2) is 24.5 Å². The molecule has 6 nitrogen and oxygen atoms in total. The van der Waals surface area contributed by atoms with Crippen molar-refractivity contribution in [2.45, 2.75) is 19.3 Å². The summed E-state index contributed by atoms with van der Waals surface area (Å²) in [6, 6.07) is 1.72. The number of aromatic nitrogens is 4. The van der Waals surface area contributed by atoms with E-state index in [9.17, 15) is 31.1 Å². The van der Waals surface area contributed by atoms with Crippen molar-refractivity contribution in [2.24, 2.45) is 7.05 Å². The summed E-state index contributed by atoms with van der Waals surface area (Å²) < 4.78 is 79.7. The Labute approximate surface area is 165 Å². The van der Waals surface area contributed by atoms with Gasteiger partial charge < -0.3 is 4.90 Å². The van der Waals surface area contributed by atoms with Crippen LogP contribution in [0.3, 0.4) is 0 Å². The number of benzene rings is 1. The maximum Gasteiger partial charge on any atom is 0.504 e. The lowest BCUT2D eigenvalue weighted by molar-refractivity contribution is -0.212. The van der Waals surface area contributed by atoms with E-state index in [1.807, 2.05) is 0 Å². The normalized spacial score (nSPS) is 14.2. The predicted molar refractivity (Wildman–Crippen MR) is 90.5 cm³/mol. The molecule has 0 unspecified atom stereocenters. The van der Waals surface area contributed by atoms with Crippen LogP contribution in [-0.4, -0.2) is 36.9 Å². The summed E-state index contributed by atoms with van der Waals surface area (Å²) in [7, 11) is 1.53. The van der Waals surface area contributed by atoms with Gasteiger partial charge >= 0.3 is 6.30 Å². The third-order valence-electron chi connectivity index (χ3n) is 4.83. The molecule has 3 heterocycles. The summed E-state index contributed by atoms with van der Waals surface area (Å²) in [6.07, 6.45) is -3.05. The number of fused-ring (bicyclic) bond motifs is 1. The first-order valence-electron chi connectivity index (χ1n) is 8.67. The van der Waals surface area contributed by atoms with E-state index in [1.54, 1.807) is 0 Å². The standard InChI is InChI=1S/C18H13F6N5O/c1-27-16(9-4-12(19)15(21)13(20)5-9)11-2-3-28(8-14(11)26-27)17(30)10-6-25-29(7-10)18(22,23)24/h4-7H,2-3,8H2,1H3. The Bertz CT molecular complexity index is 1130. The smallest absolute Gasteiger partial charge is 0.332 e. The first-order chi connectivity index (χ1) is 14.1. The van der Waals surface area contributed by atoms with Gasteiger partial charge in [-0.3, -0.25) is 9.48 Å². The van der Waals surface area contributed by atoms with Crippen LogP contribution in [0.1, 0.15) is 21.6 Å². The van der Waals surface area contributed by atoms with Gasteiger partial charge in [0, 0.05) is 30.9 Å². The van der Waals surface area contributed by atoms with Crippen molar-refractivity contribution in [3.8, 4) is 11.3 Å². The zero-order valence-electron chi connectivity index (χ0n) is 15.3. The van der Waals surface area contributed by atoms with E-state index in [2.05, 4.69) is 10.2 Å². The van der Waals surface area contributed by atoms with Crippen LogP contribution in [0, 0.1) is 17.5 Å². The molecule has 0 spiro atoms. The molecule has 0 saturated carbocycles. The van der Waals surface area contributed by atoms with Crippen LogP contribution in [0.2, 0.25) is 0 Å². The monoisotopic (exact) mass is 429 g/mol. The number of halogens is 6. The van der Waals surface area contributed by atoms with Crippen molar-refractivity contribution in [1.29, 1.82) is 0 Å². The van der Waals surface area contributed by atoms with Crippen molar-refractivity contribution < 1.29 is 31.1 Å². The van der Waals surface area contributed by atoms with Gasteiger partial charge in [0.15, 0.2) is 17.5 Å². The third kappa shape index (κ3) is 3.31. The second kappa shape index (κ2) is 6.89. The molecule has 0 aliphatic carbocycles. The number of alkyl halides is 3. The Morgan fingerprint density at radius 3 is 2.40 bits per heavy atom. The second-order valence-electron chi connectivity index (χ2n) is 6.77. The van der Waals surface area contributed by atoms with Crippen molar-refractivity contribution in [2.75, 3.05) is 6.54 Å². The van der Waals surface area contributed by atoms with E-state index in [-0.39, 0.29) is 35.3 Å². The Morgan fingerprint density at radius 2 is 1.80 bits per heavy atom. The predicted octanol–water partition coefficient (Wildman–Crippen LogP) is 3.38. The summed E-state index contributed by atoms with van der Waals surface area (Å²) in [5.74, 6) is -4.91. The molecule has 2 aromatic heterocycles. The summed E-state index contributed by atoms with van der Waals surface area (Å²) in [5.41, 5.74) is 1.29. The molecule has 12 heteroatoms. The molecule has 0 bridgehead atoms. The largest absolute Gasteiger partial charge is 0.504 e. The van der Waals surface area contributed by atoms with Gasteiger partial charge in [-0.2, -0.15) is 14.9 Å². The number of aryl methyl sites for hydroxylation is 1. The number of amides is 1. The topological polar surface area (TPSA) is 56.0 Å². The van der Waals surface area contributed by atoms with Gasteiger partial charge in [-0.15, -0.1) is 13.2 Å². The fourth-order valence-electron chi connectivity index (χ4n) is 3.50. The maximum atomic E-state index is 13.7. The van der Waals surface area contributed by atoms with E-state index in [0.717, 1.165) is 18.3 Å². The van der Waals surface area contributed by atoms with Gasteiger partial charge in [-0.25, -0.2) is 13.2 Å².